The van der Waals surface area contributed by atoms with Crippen molar-refractivity contribution in [3.63, 3.8) is 0 Å². The number of ether oxygens (including phenoxy) is 1. The Labute approximate surface area is 182 Å². The minimum atomic E-state index is -1.27. The Morgan fingerprint density at radius 1 is 1.26 bits per heavy atom. The van der Waals surface area contributed by atoms with Gasteiger partial charge >= 0.3 is 5.97 Å². The van der Waals surface area contributed by atoms with E-state index < -0.39 is 11.8 Å². The van der Waals surface area contributed by atoms with Gasteiger partial charge in [-0.1, -0.05) is 6.92 Å². The van der Waals surface area contributed by atoms with E-state index in [1.165, 1.54) is 43.4 Å². The SMILES string of the molecule is CCc1cnc(N2CCC3(CC2)CC(CCCOc2ccc(C(=O)O)c(F)c2)C3)nc1. The Kier molecular flexibility index (Phi) is 6.39. The predicted octanol–water partition coefficient (Wildman–Crippen LogP) is 4.73. The third-order valence-electron chi connectivity index (χ3n) is 6.85. The lowest BCUT2D eigenvalue weighted by Crippen LogP contribution is -2.47. The molecule has 1 aromatic heterocycles. The normalized spacial score (nSPS) is 18.1. The Bertz CT molecular complexity index is 903. The van der Waals surface area contributed by atoms with Crippen LogP contribution in [0.1, 0.15) is 61.4 Å². The van der Waals surface area contributed by atoms with Crippen molar-refractivity contribution < 1.29 is 19.0 Å². The number of piperidine rings is 1. The largest absolute Gasteiger partial charge is 0.493 e. The van der Waals surface area contributed by atoms with Crippen LogP contribution in [0.15, 0.2) is 30.6 Å². The zero-order chi connectivity index (χ0) is 21.8. The van der Waals surface area contributed by atoms with Crippen LogP contribution in [-0.2, 0) is 6.42 Å². The van der Waals surface area contributed by atoms with Crippen LogP contribution in [0.25, 0.3) is 0 Å². The predicted molar refractivity (Wildman–Crippen MR) is 116 cm³/mol. The van der Waals surface area contributed by atoms with Gasteiger partial charge in [-0.3, -0.25) is 0 Å². The van der Waals surface area contributed by atoms with Crippen LogP contribution in [0.2, 0.25) is 0 Å². The summed E-state index contributed by atoms with van der Waals surface area (Å²) in [5, 5.41) is 8.87. The van der Waals surface area contributed by atoms with Crippen molar-refractivity contribution in [2.75, 3.05) is 24.6 Å². The average molecular weight is 428 g/mol. The monoisotopic (exact) mass is 427 g/mol. The number of halogens is 1. The number of nitrogens with zero attached hydrogens (tertiary/aromatic N) is 3. The smallest absolute Gasteiger partial charge is 0.338 e. The molecule has 0 atom stereocenters. The topological polar surface area (TPSA) is 75.6 Å². The van der Waals surface area contributed by atoms with Crippen LogP contribution in [0.3, 0.4) is 0 Å². The molecule has 0 radical (unpaired) electrons. The number of hydrogen-bond donors (Lipinski definition) is 1. The van der Waals surface area contributed by atoms with Crippen molar-refractivity contribution in [3.8, 4) is 5.75 Å². The van der Waals surface area contributed by atoms with E-state index in [4.69, 9.17) is 9.84 Å². The van der Waals surface area contributed by atoms with Crippen LogP contribution in [-0.4, -0.2) is 40.7 Å². The average Bonchev–Trinajstić information content (AvgIpc) is 2.75. The zero-order valence-corrected chi connectivity index (χ0v) is 18.0. The van der Waals surface area contributed by atoms with Gasteiger partial charge in [-0.2, -0.15) is 0 Å². The van der Waals surface area contributed by atoms with E-state index >= 15 is 0 Å². The summed E-state index contributed by atoms with van der Waals surface area (Å²) in [5.41, 5.74) is 1.33. The van der Waals surface area contributed by atoms with Gasteiger partial charge in [0, 0.05) is 31.5 Å². The van der Waals surface area contributed by atoms with Crippen molar-refractivity contribution in [1.82, 2.24) is 9.97 Å². The molecule has 2 aliphatic rings. The first-order valence-electron chi connectivity index (χ1n) is 11.2. The maximum absolute atomic E-state index is 13.7. The Morgan fingerprint density at radius 2 is 1.97 bits per heavy atom. The van der Waals surface area contributed by atoms with Crippen LogP contribution < -0.4 is 9.64 Å². The molecule has 0 bridgehead atoms. The summed E-state index contributed by atoms with van der Waals surface area (Å²) in [6.07, 6.45) is 11.8. The first-order valence-corrected chi connectivity index (χ1v) is 11.2. The molecule has 0 amide bonds. The molecule has 31 heavy (non-hydrogen) atoms. The Balaban J connectivity index is 1.15. The minimum Gasteiger partial charge on any atom is -0.493 e. The molecule has 1 spiro atoms. The number of hydrogen-bond acceptors (Lipinski definition) is 5. The highest BCUT2D eigenvalue weighted by Crippen LogP contribution is 2.54. The van der Waals surface area contributed by atoms with E-state index in [0.717, 1.165) is 50.3 Å². The number of carboxylic acids is 1. The number of benzene rings is 1. The summed E-state index contributed by atoms with van der Waals surface area (Å²) in [7, 11) is 0. The Morgan fingerprint density at radius 3 is 2.58 bits per heavy atom. The highest BCUT2D eigenvalue weighted by Gasteiger charge is 2.45. The van der Waals surface area contributed by atoms with Gasteiger partial charge in [0.05, 0.1) is 12.2 Å². The van der Waals surface area contributed by atoms with Crippen molar-refractivity contribution in [1.29, 1.82) is 0 Å². The van der Waals surface area contributed by atoms with Gasteiger partial charge in [-0.05, 0) is 74.0 Å². The second-order valence-electron chi connectivity index (χ2n) is 8.94. The summed E-state index contributed by atoms with van der Waals surface area (Å²) in [4.78, 5) is 22.2. The van der Waals surface area contributed by atoms with Crippen LogP contribution in [0, 0.1) is 17.2 Å². The molecular formula is C24H30FN3O3. The van der Waals surface area contributed by atoms with E-state index in [9.17, 15) is 9.18 Å². The maximum Gasteiger partial charge on any atom is 0.338 e. The number of aromatic carboxylic acids is 1. The zero-order valence-electron chi connectivity index (χ0n) is 18.0. The van der Waals surface area contributed by atoms with Gasteiger partial charge < -0.3 is 14.7 Å². The quantitative estimate of drug-likeness (QED) is 0.614. The second kappa shape index (κ2) is 9.20. The van der Waals surface area contributed by atoms with Crippen LogP contribution in [0.4, 0.5) is 10.3 Å². The molecule has 166 valence electrons. The van der Waals surface area contributed by atoms with E-state index in [1.807, 2.05) is 12.4 Å². The van der Waals surface area contributed by atoms with Crippen LogP contribution >= 0.6 is 0 Å². The molecule has 1 aromatic carbocycles. The van der Waals surface area contributed by atoms with Crippen molar-refractivity contribution >= 4 is 11.9 Å². The van der Waals surface area contributed by atoms with Crippen molar-refractivity contribution in [2.45, 2.75) is 51.9 Å². The number of anilines is 1. The number of rotatable bonds is 8. The summed E-state index contributed by atoms with van der Waals surface area (Å²) in [5.74, 6) is -0.0527. The molecule has 1 aliphatic heterocycles. The third kappa shape index (κ3) is 4.97. The summed E-state index contributed by atoms with van der Waals surface area (Å²) in [6, 6.07) is 3.91. The fourth-order valence-corrected chi connectivity index (χ4v) is 4.97. The van der Waals surface area contributed by atoms with Crippen LogP contribution in [0.5, 0.6) is 5.75 Å². The lowest BCUT2D eigenvalue weighted by molar-refractivity contribution is 0.0205. The molecule has 1 N–H and O–H groups in total. The van der Waals surface area contributed by atoms with Gasteiger partial charge in [0.1, 0.15) is 11.6 Å². The molecule has 2 aromatic rings. The van der Waals surface area contributed by atoms with E-state index in [0.29, 0.717) is 17.8 Å². The number of carboxylic acid groups (broad SMARTS) is 1. The molecule has 4 rings (SSSR count). The van der Waals surface area contributed by atoms with E-state index in [1.54, 1.807) is 0 Å². The van der Waals surface area contributed by atoms with E-state index in [2.05, 4.69) is 21.8 Å². The van der Waals surface area contributed by atoms with Gasteiger partial charge in [0.15, 0.2) is 0 Å². The molecule has 1 saturated carbocycles. The fraction of sp³-hybridized carbons (Fsp3) is 0.542. The molecule has 0 unspecified atom stereocenters. The van der Waals surface area contributed by atoms with Gasteiger partial charge in [-0.25, -0.2) is 19.2 Å². The van der Waals surface area contributed by atoms with Gasteiger partial charge in [0.25, 0.3) is 0 Å². The van der Waals surface area contributed by atoms with Crippen molar-refractivity contribution in [3.05, 3.63) is 47.5 Å². The van der Waals surface area contributed by atoms with E-state index in [-0.39, 0.29) is 5.56 Å². The third-order valence-corrected chi connectivity index (χ3v) is 6.85. The highest BCUT2D eigenvalue weighted by atomic mass is 19.1. The minimum absolute atomic E-state index is 0.331. The second-order valence-corrected chi connectivity index (χ2v) is 8.94. The molecular weight excluding hydrogens is 397 g/mol. The first kappa shape index (κ1) is 21.5. The summed E-state index contributed by atoms with van der Waals surface area (Å²) < 4.78 is 19.3. The molecule has 7 heteroatoms. The number of carbonyl (C=O) groups is 1. The first-order chi connectivity index (χ1) is 15.0. The molecule has 1 saturated heterocycles. The molecule has 2 heterocycles. The fourth-order valence-electron chi connectivity index (χ4n) is 4.97. The maximum atomic E-state index is 13.7. The van der Waals surface area contributed by atoms with Crippen molar-refractivity contribution in [2.24, 2.45) is 11.3 Å². The number of aryl methyl sites for hydroxylation is 1. The summed E-state index contributed by atoms with van der Waals surface area (Å²) >= 11 is 0. The lowest BCUT2D eigenvalue weighted by Gasteiger charge is -2.52. The van der Waals surface area contributed by atoms with Gasteiger partial charge in [-0.15, -0.1) is 0 Å². The highest BCUT2D eigenvalue weighted by molar-refractivity contribution is 5.88. The molecule has 1 aliphatic carbocycles. The van der Waals surface area contributed by atoms with Gasteiger partial charge in [0.2, 0.25) is 5.95 Å². The standard InChI is InChI=1S/C24H30FN3O3/c1-2-17-15-26-23(27-16-17)28-9-7-24(8-10-28)13-18(14-24)4-3-11-31-19-5-6-20(22(29)30)21(25)12-19/h5-6,12,15-16,18H,2-4,7-11,13-14H2,1H3,(H,29,30). The lowest BCUT2D eigenvalue weighted by atomic mass is 9.56. The molecule has 2 fully saturated rings. The Hall–Kier alpha value is -2.70. The molecule has 6 nitrogen and oxygen atoms in total. The number of aromatic nitrogens is 2. The summed E-state index contributed by atoms with van der Waals surface area (Å²) in [6.45, 7) is 4.69.